The lowest BCUT2D eigenvalue weighted by Gasteiger charge is -2.07. The van der Waals surface area contributed by atoms with Gasteiger partial charge < -0.3 is 0 Å². The quantitative estimate of drug-likeness (QED) is 0.619. The van der Waals surface area contributed by atoms with E-state index in [1.165, 1.54) is 16.9 Å². The Labute approximate surface area is 111 Å². The van der Waals surface area contributed by atoms with E-state index in [4.69, 9.17) is 34.8 Å². The van der Waals surface area contributed by atoms with E-state index in [1.54, 1.807) is 11.3 Å². The summed E-state index contributed by atoms with van der Waals surface area (Å²) in [7, 11) is 0. The first-order valence-corrected chi connectivity index (χ1v) is 7.11. The van der Waals surface area contributed by atoms with Crippen LogP contribution in [0.2, 0.25) is 8.67 Å². The van der Waals surface area contributed by atoms with Gasteiger partial charge in [0.25, 0.3) is 0 Å². The molecular weight excluding hydrogens is 291 g/mol. The first-order valence-electron chi connectivity index (χ1n) is 4.22. The number of aryl methyl sites for hydroxylation is 1. The normalized spacial score (nSPS) is 13.1. The number of alkyl halides is 1. The highest BCUT2D eigenvalue weighted by molar-refractivity contribution is 7.20. The van der Waals surface area contributed by atoms with E-state index in [0.717, 1.165) is 10.4 Å². The van der Waals surface area contributed by atoms with Crippen LogP contribution >= 0.6 is 57.5 Å². The van der Waals surface area contributed by atoms with Gasteiger partial charge in [-0.25, -0.2) is 0 Å². The standard InChI is InChI=1S/C10H7Cl3S2/c1-5-2-3-14-9(5)8(12)6-4-7(11)15-10(6)13/h2-4,8H,1H3. The molecule has 5 heteroatoms. The van der Waals surface area contributed by atoms with Gasteiger partial charge >= 0.3 is 0 Å². The first-order chi connectivity index (χ1) is 7.09. The lowest BCUT2D eigenvalue weighted by Crippen LogP contribution is -1.90. The van der Waals surface area contributed by atoms with Crippen molar-refractivity contribution in [1.82, 2.24) is 0 Å². The molecule has 2 rings (SSSR count). The summed E-state index contributed by atoms with van der Waals surface area (Å²) in [4.78, 5) is 1.13. The van der Waals surface area contributed by atoms with Gasteiger partial charge in [-0.2, -0.15) is 0 Å². The molecule has 0 bridgehead atoms. The molecule has 0 aliphatic rings. The molecule has 0 radical (unpaired) electrons. The molecule has 0 aromatic carbocycles. The molecule has 0 fully saturated rings. The number of halogens is 3. The van der Waals surface area contributed by atoms with Crippen LogP contribution in [0, 0.1) is 6.92 Å². The molecule has 0 amide bonds. The minimum atomic E-state index is -0.193. The Bertz CT molecular complexity index is 473. The fraction of sp³-hybridized carbons (Fsp3) is 0.200. The summed E-state index contributed by atoms with van der Waals surface area (Å²) >= 11 is 21.3. The maximum absolute atomic E-state index is 6.37. The zero-order valence-electron chi connectivity index (χ0n) is 7.76. The average molecular weight is 298 g/mol. The predicted octanol–water partition coefficient (Wildman–Crippen LogP) is 5.75. The Hall–Kier alpha value is 0.270. The minimum Gasteiger partial charge on any atom is -0.147 e. The summed E-state index contributed by atoms with van der Waals surface area (Å²) < 4.78 is 1.35. The van der Waals surface area contributed by atoms with E-state index >= 15 is 0 Å². The van der Waals surface area contributed by atoms with Gasteiger partial charge in [-0.05, 0) is 30.0 Å². The highest BCUT2D eigenvalue weighted by Gasteiger charge is 2.19. The lowest BCUT2D eigenvalue weighted by molar-refractivity contribution is 1.17. The summed E-state index contributed by atoms with van der Waals surface area (Å²) in [6.45, 7) is 2.04. The molecule has 0 N–H and O–H groups in total. The molecule has 15 heavy (non-hydrogen) atoms. The zero-order chi connectivity index (χ0) is 11.0. The Kier molecular flexibility index (Phi) is 3.63. The van der Waals surface area contributed by atoms with Gasteiger partial charge in [0, 0.05) is 10.4 Å². The third-order valence-corrected chi connectivity index (χ3v) is 5.27. The van der Waals surface area contributed by atoms with Crippen molar-refractivity contribution >= 4 is 57.5 Å². The van der Waals surface area contributed by atoms with Crippen molar-refractivity contribution in [3.05, 3.63) is 42.2 Å². The van der Waals surface area contributed by atoms with E-state index in [0.29, 0.717) is 8.67 Å². The van der Waals surface area contributed by atoms with Crippen molar-refractivity contribution in [2.45, 2.75) is 12.3 Å². The van der Waals surface area contributed by atoms with E-state index in [1.807, 2.05) is 18.4 Å². The van der Waals surface area contributed by atoms with E-state index < -0.39 is 0 Å². The lowest BCUT2D eigenvalue weighted by atomic mass is 10.1. The summed E-state index contributed by atoms with van der Waals surface area (Å²) in [5, 5.41) is 1.84. The second-order valence-corrected chi connectivity index (χ2v) is 6.78. The van der Waals surface area contributed by atoms with Crippen LogP contribution in [-0.2, 0) is 0 Å². The molecule has 1 unspecified atom stereocenters. The van der Waals surface area contributed by atoms with Crippen LogP contribution < -0.4 is 0 Å². The van der Waals surface area contributed by atoms with Crippen LogP contribution in [0.1, 0.15) is 21.4 Å². The molecule has 0 nitrogen and oxygen atoms in total. The zero-order valence-corrected chi connectivity index (χ0v) is 11.7. The summed E-state index contributed by atoms with van der Waals surface area (Å²) in [5.74, 6) is 0. The SMILES string of the molecule is Cc1ccsc1C(Cl)c1cc(Cl)sc1Cl. The molecular formula is C10H7Cl3S2. The number of thiophene rings is 2. The molecule has 2 aromatic heterocycles. The van der Waals surface area contributed by atoms with Crippen LogP contribution in [0.25, 0.3) is 0 Å². The average Bonchev–Trinajstić information content (AvgIpc) is 2.71. The Morgan fingerprint density at radius 2 is 2.07 bits per heavy atom. The van der Waals surface area contributed by atoms with Gasteiger partial charge in [-0.1, -0.05) is 23.2 Å². The second kappa shape index (κ2) is 4.64. The van der Waals surface area contributed by atoms with Gasteiger partial charge in [0.1, 0.15) is 0 Å². The third-order valence-electron chi connectivity index (χ3n) is 2.09. The largest absolute Gasteiger partial charge is 0.147 e. The second-order valence-electron chi connectivity index (χ2n) is 3.11. The van der Waals surface area contributed by atoms with Crippen molar-refractivity contribution in [1.29, 1.82) is 0 Å². The van der Waals surface area contributed by atoms with Crippen molar-refractivity contribution in [2.75, 3.05) is 0 Å². The molecule has 0 aliphatic heterocycles. The van der Waals surface area contributed by atoms with E-state index in [9.17, 15) is 0 Å². The molecule has 80 valence electrons. The van der Waals surface area contributed by atoms with Gasteiger partial charge in [0.2, 0.25) is 0 Å². The molecule has 1 atom stereocenters. The maximum atomic E-state index is 6.37. The molecule has 0 saturated heterocycles. The summed E-state index contributed by atoms with van der Waals surface area (Å²) in [6.07, 6.45) is 0. The molecule has 2 heterocycles. The minimum absolute atomic E-state index is 0.193. The van der Waals surface area contributed by atoms with Gasteiger partial charge in [0.05, 0.1) is 14.0 Å². The Morgan fingerprint density at radius 3 is 2.53 bits per heavy atom. The molecule has 0 spiro atoms. The van der Waals surface area contributed by atoms with Crippen LogP contribution in [-0.4, -0.2) is 0 Å². The molecule has 2 aromatic rings. The maximum Gasteiger partial charge on any atom is 0.0994 e. The number of hydrogen-bond acceptors (Lipinski definition) is 2. The Morgan fingerprint density at radius 1 is 1.33 bits per heavy atom. The fourth-order valence-electron chi connectivity index (χ4n) is 1.31. The highest BCUT2D eigenvalue weighted by atomic mass is 35.5. The predicted molar refractivity (Wildman–Crippen MR) is 71.1 cm³/mol. The third kappa shape index (κ3) is 2.34. The first kappa shape index (κ1) is 11.7. The van der Waals surface area contributed by atoms with Gasteiger partial charge in [-0.3, -0.25) is 0 Å². The fourth-order valence-corrected chi connectivity index (χ4v) is 4.38. The summed E-state index contributed by atoms with van der Waals surface area (Å²) in [6, 6.07) is 3.89. The van der Waals surface area contributed by atoms with Crippen LogP contribution in [0.15, 0.2) is 17.5 Å². The number of rotatable bonds is 2. The molecule has 0 aliphatic carbocycles. The van der Waals surface area contributed by atoms with Crippen molar-refractivity contribution < 1.29 is 0 Å². The van der Waals surface area contributed by atoms with Crippen molar-refractivity contribution in [3.8, 4) is 0 Å². The van der Waals surface area contributed by atoms with E-state index in [-0.39, 0.29) is 5.38 Å². The van der Waals surface area contributed by atoms with Crippen molar-refractivity contribution in [2.24, 2.45) is 0 Å². The van der Waals surface area contributed by atoms with Gasteiger partial charge in [-0.15, -0.1) is 34.3 Å². The number of hydrogen-bond donors (Lipinski definition) is 0. The van der Waals surface area contributed by atoms with Gasteiger partial charge in [0.15, 0.2) is 0 Å². The van der Waals surface area contributed by atoms with Crippen LogP contribution in [0.4, 0.5) is 0 Å². The Balaban J connectivity index is 2.40. The van der Waals surface area contributed by atoms with Crippen LogP contribution in [0.5, 0.6) is 0 Å². The van der Waals surface area contributed by atoms with E-state index in [2.05, 4.69) is 6.07 Å². The molecule has 0 saturated carbocycles. The summed E-state index contributed by atoms with van der Waals surface area (Å²) in [5.41, 5.74) is 2.09. The monoisotopic (exact) mass is 296 g/mol. The highest BCUT2D eigenvalue weighted by Crippen LogP contribution is 2.42. The smallest absolute Gasteiger partial charge is 0.0994 e. The van der Waals surface area contributed by atoms with Crippen LogP contribution in [0.3, 0.4) is 0 Å². The topological polar surface area (TPSA) is 0 Å². The van der Waals surface area contributed by atoms with Crippen molar-refractivity contribution in [3.63, 3.8) is 0 Å².